The molecule has 1 aromatic rings. The second-order valence-corrected chi connectivity index (χ2v) is 3.94. The first kappa shape index (κ1) is 10.0. The molecular formula is C12H15NO2. The summed E-state index contributed by atoms with van der Waals surface area (Å²) in [5, 5.41) is 2.93. The van der Waals surface area contributed by atoms with Gasteiger partial charge in [-0.05, 0) is 43.5 Å². The van der Waals surface area contributed by atoms with Gasteiger partial charge >= 0.3 is 0 Å². The van der Waals surface area contributed by atoms with Crippen LogP contribution in [0.3, 0.4) is 0 Å². The first-order chi connectivity index (χ1) is 7.20. The molecule has 1 N–H and O–H groups in total. The fourth-order valence-electron chi connectivity index (χ4n) is 1.48. The van der Waals surface area contributed by atoms with Gasteiger partial charge in [0.15, 0.2) is 0 Å². The summed E-state index contributed by atoms with van der Waals surface area (Å²) in [6, 6.07) is 5.66. The number of benzene rings is 1. The number of hydrogen-bond acceptors (Lipinski definition) is 2. The van der Waals surface area contributed by atoms with Crippen LogP contribution in [-0.2, 0) is 4.79 Å². The number of nitrogens with one attached hydrogen (secondary N) is 1. The molecule has 1 fully saturated rings. The van der Waals surface area contributed by atoms with Gasteiger partial charge in [-0.3, -0.25) is 4.79 Å². The molecule has 0 heterocycles. The molecule has 1 aliphatic rings. The minimum atomic E-state index is 0.142. The minimum Gasteiger partial charge on any atom is -0.497 e. The molecular weight excluding hydrogens is 190 g/mol. The van der Waals surface area contributed by atoms with Crippen LogP contribution in [0.5, 0.6) is 5.75 Å². The van der Waals surface area contributed by atoms with Crippen LogP contribution in [0.2, 0.25) is 0 Å². The predicted molar refractivity (Wildman–Crippen MR) is 59.1 cm³/mol. The molecule has 0 radical (unpaired) electrons. The van der Waals surface area contributed by atoms with Crippen LogP contribution < -0.4 is 10.1 Å². The van der Waals surface area contributed by atoms with Gasteiger partial charge in [0, 0.05) is 11.6 Å². The molecule has 0 saturated heterocycles. The zero-order chi connectivity index (χ0) is 10.8. The lowest BCUT2D eigenvalue weighted by atomic mass is 10.2. The van der Waals surface area contributed by atoms with Crippen molar-refractivity contribution >= 4 is 11.6 Å². The molecule has 0 spiro atoms. The zero-order valence-electron chi connectivity index (χ0n) is 9.04. The van der Waals surface area contributed by atoms with E-state index in [9.17, 15) is 4.79 Å². The fourth-order valence-corrected chi connectivity index (χ4v) is 1.48. The standard InChI is InChI=1S/C12H15NO2/c1-8-7-10(15-2)5-6-11(8)13-12(14)9-3-4-9/h5-7,9H,3-4H2,1-2H3,(H,13,14). The predicted octanol–water partition coefficient (Wildman–Crippen LogP) is 2.35. The summed E-state index contributed by atoms with van der Waals surface area (Å²) in [4.78, 5) is 11.5. The summed E-state index contributed by atoms with van der Waals surface area (Å²) in [5.74, 6) is 1.20. The topological polar surface area (TPSA) is 38.3 Å². The molecule has 80 valence electrons. The SMILES string of the molecule is COc1ccc(NC(=O)C2CC2)c(C)c1. The molecule has 15 heavy (non-hydrogen) atoms. The maximum atomic E-state index is 11.5. The van der Waals surface area contributed by atoms with Crippen molar-refractivity contribution in [3.8, 4) is 5.75 Å². The van der Waals surface area contributed by atoms with Crippen LogP contribution in [0.15, 0.2) is 18.2 Å². The number of anilines is 1. The van der Waals surface area contributed by atoms with Gasteiger partial charge in [-0.15, -0.1) is 0 Å². The van der Waals surface area contributed by atoms with Gasteiger partial charge in [-0.1, -0.05) is 0 Å². The molecule has 0 bridgehead atoms. The largest absolute Gasteiger partial charge is 0.497 e. The molecule has 1 aromatic carbocycles. The maximum Gasteiger partial charge on any atom is 0.227 e. The number of carbonyl (C=O) groups excluding carboxylic acids is 1. The van der Waals surface area contributed by atoms with Gasteiger partial charge < -0.3 is 10.1 Å². The van der Waals surface area contributed by atoms with E-state index in [0.717, 1.165) is 29.8 Å². The molecule has 1 amide bonds. The highest BCUT2D eigenvalue weighted by Gasteiger charge is 2.29. The summed E-state index contributed by atoms with van der Waals surface area (Å²) in [5.41, 5.74) is 1.91. The Balaban J connectivity index is 2.10. The Morgan fingerprint density at radius 1 is 1.47 bits per heavy atom. The van der Waals surface area contributed by atoms with Gasteiger partial charge in [-0.2, -0.15) is 0 Å². The van der Waals surface area contributed by atoms with E-state index in [1.54, 1.807) is 7.11 Å². The number of rotatable bonds is 3. The smallest absolute Gasteiger partial charge is 0.227 e. The molecule has 3 nitrogen and oxygen atoms in total. The lowest BCUT2D eigenvalue weighted by Crippen LogP contribution is -2.14. The van der Waals surface area contributed by atoms with E-state index in [1.807, 2.05) is 25.1 Å². The van der Waals surface area contributed by atoms with Crippen molar-refractivity contribution < 1.29 is 9.53 Å². The summed E-state index contributed by atoms with van der Waals surface area (Å²) in [6.07, 6.45) is 2.06. The minimum absolute atomic E-state index is 0.142. The number of carbonyl (C=O) groups is 1. The van der Waals surface area contributed by atoms with Crippen molar-refractivity contribution in [2.45, 2.75) is 19.8 Å². The van der Waals surface area contributed by atoms with E-state index in [0.29, 0.717) is 0 Å². The molecule has 0 aliphatic heterocycles. The van der Waals surface area contributed by atoms with Gasteiger partial charge in [0.2, 0.25) is 5.91 Å². The highest BCUT2D eigenvalue weighted by atomic mass is 16.5. The van der Waals surface area contributed by atoms with Gasteiger partial charge in [0.1, 0.15) is 5.75 Å². The highest BCUT2D eigenvalue weighted by Crippen LogP contribution is 2.31. The van der Waals surface area contributed by atoms with Gasteiger partial charge in [0.25, 0.3) is 0 Å². The fraction of sp³-hybridized carbons (Fsp3) is 0.417. The van der Waals surface area contributed by atoms with Crippen LogP contribution in [0.1, 0.15) is 18.4 Å². The van der Waals surface area contributed by atoms with Crippen molar-refractivity contribution in [1.29, 1.82) is 0 Å². The van der Waals surface area contributed by atoms with Crippen LogP contribution in [0.4, 0.5) is 5.69 Å². The summed E-state index contributed by atoms with van der Waals surface area (Å²) in [7, 11) is 1.64. The van der Waals surface area contributed by atoms with E-state index < -0.39 is 0 Å². The first-order valence-corrected chi connectivity index (χ1v) is 5.16. The summed E-state index contributed by atoms with van der Waals surface area (Å²) < 4.78 is 5.10. The number of aryl methyl sites for hydroxylation is 1. The Labute approximate surface area is 89.4 Å². The third kappa shape index (κ3) is 2.29. The Hall–Kier alpha value is -1.51. The zero-order valence-corrected chi connectivity index (χ0v) is 9.04. The Bertz CT molecular complexity index is 383. The van der Waals surface area contributed by atoms with Crippen LogP contribution >= 0.6 is 0 Å². The average molecular weight is 205 g/mol. The van der Waals surface area contributed by atoms with E-state index in [2.05, 4.69) is 5.32 Å². The third-order valence-electron chi connectivity index (χ3n) is 2.64. The van der Waals surface area contributed by atoms with Gasteiger partial charge in [0.05, 0.1) is 7.11 Å². The molecule has 0 aromatic heterocycles. The van der Waals surface area contributed by atoms with Crippen molar-refractivity contribution in [2.75, 3.05) is 12.4 Å². The van der Waals surface area contributed by atoms with Crippen LogP contribution in [-0.4, -0.2) is 13.0 Å². The van der Waals surface area contributed by atoms with Crippen molar-refractivity contribution in [2.24, 2.45) is 5.92 Å². The lowest BCUT2D eigenvalue weighted by Gasteiger charge is -2.09. The normalized spacial score (nSPS) is 14.8. The number of amides is 1. The van der Waals surface area contributed by atoms with E-state index in [1.165, 1.54) is 0 Å². The maximum absolute atomic E-state index is 11.5. The summed E-state index contributed by atoms with van der Waals surface area (Å²) >= 11 is 0. The number of hydrogen-bond donors (Lipinski definition) is 1. The molecule has 2 rings (SSSR count). The Morgan fingerprint density at radius 2 is 2.20 bits per heavy atom. The van der Waals surface area contributed by atoms with Crippen LogP contribution in [0, 0.1) is 12.8 Å². The lowest BCUT2D eigenvalue weighted by molar-refractivity contribution is -0.117. The summed E-state index contributed by atoms with van der Waals surface area (Å²) in [6.45, 7) is 1.96. The molecule has 0 unspecified atom stereocenters. The monoisotopic (exact) mass is 205 g/mol. The van der Waals surface area contributed by atoms with E-state index in [4.69, 9.17) is 4.74 Å². The molecule has 1 aliphatic carbocycles. The van der Waals surface area contributed by atoms with Crippen molar-refractivity contribution in [3.63, 3.8) is 0 Å². The van der Waals surface area contributed by atoms with E-state index >= 15 is 0 Å². The van der Waals surface area contributed by atoms with Crippen molar-refractivity contribution in [3.05, 3.63) is 23.8 Å². The number of ether oxygens (including phenoxy) is 1. The average Bonchev–Trinajstić information content (AvgIpc) is 3.04. The molecule has 0 atom stereocenters. The quantitative estimate of drug-likeness (QED) is 0.822. The van der Waals surface area contributed by atoms with Crippen LogP contribution in [0.25, 0.3) is 0 Å². The van der Waals surface area contributed by atoms with Crippen molar-refractivity contribution in [1.82, 2.24) is 0 Å². The highest BCUT2D eigenvalue weighted by molar-refractivity contribution is 5.94. The first-order valence-electron chi connectivity index (χ1n) is 5.16. The third-order valence-corrected chi connectivity index (χ3v) is 2.64. The van der Waals surface area contributed by atoms with Gasteiger partial charge in [-0.25, -0.2) is 0 Å². The molecule has 1 saturated carbocycles. The Kier molecular flexibility index (Phi) is 2.62. The molecule has 3 heteroatoms. The number of methoxy groups -OCH3 is 1. The second kappa shape index (κ2) is 3.93. The second-order valence-electron chi connectivity index (χ2n) is 3.94. The van der Waals surface area contributed by atoms with E-state index in [-0.39, 0.29) is 11.8 Å². The Morgan fingerprint density at radius 3 is 2.73 bits per heavy atom.